The Labute approximate surface area is 119 Å². The summed E-state index contributed by atoms with van der Waals surface area (Å²) >= 11 is 0. The fourth-order valence-electron chi connectivity index (χ4n) is 1.71. The SMILES string of the molecule is CNC(=O)C(C)(C)CNS(=O)(=O)c1ccccc1CN. The predicted molar refractivity (Wildman–Crippen MR) is 77.4 cm³/mol. The number of rotatable bonds is 6. The molecule has 0 saturated heterocycles. The van der Waals surface area contributed by atoms with Crippen LogP contribution in [0.4, 0.5) is 0 Å². The van der Waals surface area contributed by atoms with Crippen molar-refractivity contribution in [2.75, 3.05) is 13.6 Å². The summed E-state index contributed by atoms with van der Waals surface area (Å²) in [7, 11) is -2.17. The molecule has 0 radical (unpaired) electrons. The van der Waals surface area contributed by atoms with Crippen molar-refractivity contribution in [1.29, 1.82) is 0 Å². The predicted octanol–water partition coefficient (Wildman–Crippen LogP) is 0.196. The minimum absolute atomic E-state index is 0.00785. The zero-order chi connectivity index (χ0) is 15.4. The first-order chi connectivity index (χ1) is 9.24. The standard InChI is InChI=1S/C13H21N3O3S/c1-13(2,12(17)15-3)9-16-20(18,19)11-7-5-4-6-10(11)8-14/h4-7,16H,8-9,14H2,1-3H3,(H,15,17). The molecule has 1 amide bonds. The Hall–Kier alpha value is -1.44. The number of hydrogen-bond donors (Lipinski definition) is 3. The molecule has 4 N–H and O–H groups in total. The first-order valence-electron chi connectivity index (χ1n) is 6.24. The molecule has 1 rings (SSSR count). The molecule has 0 atom stereocenters. The Bertz CT molecular complexity index is 582. The Kier molecular flexibility index (Phi) is 5.27. The van der Waals surface area contributed by atoms with E-state index in [-0.39, 0.29) is 23.9 Å². The zero-order valence-electron chi connectivity index (χ0n) is 11.9. The maximum atomic E-state index is 12.3. The summed E-state index contributed by atoms with van der Waals surface area (Å²) < 4.78 is 27.0. The molecule has 0 spiro atoms. The molecular weight excluding hydrogens is 278 g/mol. The van der Waals surface area contributed by atoms with Crippen LogP contribution in [0.2, 0.25) is 0 Å². The van der Waals surface area contributed by atoms with Gasteiger partial charge in [0.2, 0.25) is 15.9 Å². The zero-order valence-corrected chi connectivity index (χ0v) is 12.8. The minimum Gasteiger partial charge on any atom is -0.359 e. The topological polar surface area (TPSA) is 101 Å². The van der Waals surface area contributed by atoms with E-state index >= 15 is 0 Å². The molecule has 0 aliphatic rings. The number of benzene rings is 1. The number of nitrogens with one attached hydrogen (secondary N) is 2. The van der Waals surface area contributed by atoms with Gasteiger partial charge in [-0.05, 0) is 25.5 Å². The van der Waals surface area contributed by atoms with Crippen LogP contribution in [-0.4, -0.2) is 27.9 Å². The lowest BCUT2D eigenvalue weighted by Crippen LogP contribution is -2.43. The van der Waals surface area contributed by atoms with Crippen LogP contribution in [0.5, 0.6) is 0 Å². The fourth-order valence-corrected chi connectivity index (χ4v) is 3.17. The third kappa shape index (κ3) is 3.78. The van der Waals surface area contributed by atoms with Gasteiger partial charge in [0, 0.05) is 20.1 Å². The van der Waals surface area contributed by atoms with Gasteiger partial charge in [-0.1, -0.05) is 18.2 Å². The van der Waals surface area contributed by atoms with Gasteiger partial charge in [0.1, 0.15) is 0 Å². The van der Waals surface area contributed by atoms with E-state index in [0.717, 1.165) is 0 Å². The quantitative estimate of drug-likeness (QED) is 0.698. The van der Waals surface area contributed by atoms with E-state index < -0.39 is 15.4 Å². The van der Waals surface area contributed by atoms with Crippen molar-refractivity contribution in [3.8, 4) is 0 Å². The van der Waals surface area contributed by atoms with Gasteiger partial charge < -0.3 is 11.1 Å². The largest absolute Gasteiger partial charge is 0.359 e. The van der Waals surface area contributed by atoms with Gasteiger partial charge >= 0.3 is 0 Å². The molecule has 0 heterocycles. The lowest BCUT2D eigenvalue weighted by Gasteiger charge is -2.23. The molecule has 7 heteroatoms. The van der Waals surface area contributed by atoms with Crippen molar-refractivity contribution >= 4 is 15.9 Å². The van der Waals surface area contributed by atoms with Crippen LogP contribution in [0.3, 0.4) is 0 Å². The van der Waals surface area contributed by atoms with Gasteiger partial charge in [-0.2, -0.15) is 0 Å². The average Bonchev–Trinajstić information content (AvgIpc) is 2.44. The molecule has 0 fully saturated rings. The van der Waals surface area contributed by atoms with Crippen LogP contribution < -0.4 is 15.8 Å². The molecule has 112 valence electrons. The second-order valence-corrected chi connectivity index (χ2v) is 6.83. The third-order valence-corrected chi connectivity index (χ3v) is 4.53. The highest BCUT2D eigenvalue weighted by Crippen LogP contribution is 2.18. The van der Waals surface area contributed by atoms with Gasteiger partial charge in [0.15, 0.2) is 0 Å². The highest BCUT2D eigenvalue weighted by molar-refractivity contribution is 7.89. The molecule has 0 bridgehead atoms. The van der Waals surface area contributed by atoms with Crippen molar-refractivity contribution in [2.45, 2.75) is 25.3 Å². The van der Waals surface area contributed by atoms with Crippen LogP contribution in [0.25, 0.3) is 0 Å². The van der Waals surface area contributed by atoms with E-state index in [4.69, 9.17) is 5.73 Å². The Morgan fingerprint density at radius 2 is 1.90 bits per heavy atom. The van der Waals surface area contributed by atoms with Crippen molar-refractivity contribution in [3.05, 3.63) is 29.8 Å². The molecule has 0 aliphatic carbocycles. The first kappa shape index (κ1) is 16.6. The number of sulfonamides is 1. The van der Waals surface area contributed by atoms with Gasteiger partial charge in [0.25, 0.3) is 0 Å². The molecule has 0 aromatic heterocycles. The van der Waals surface area contributed by atoms with Gasteiger partial charge in [-0.25, -0.2) is 13.1 Å². The molecule has 0 aliphatic heterocycles. The van der Waals surface area contributed by atoms with Crippen molar-refractivity contribution < 1.29 is 13.2 Å². The smallest absolute Gasteiger partial charge is 0.240 e. The van der Waals surface area contributed by atoms with E-state index in [0.29, 0.717) is 5.56 Å². The monoisotopic (exact) mass is 299 g/mol. The summed E-state index contributed by atoms with van der Waals surface area (Å²) in [5, 5.41) is 2.51. The molecule has 6 nitrogen and oxygen atoms in total. The lowest BCUT2D eigenvalue weighted by molar-refractivity contribution is -0.128. The summed E-state index contributed by atoms with van der Waals surface area (Å²) in [6.45, 7) is 3.48. The average molecular weight is 299 g/mol. The second-order valence-electron chi connectivity index (χ2n) is 5.10. The van der Waals surface area contributed by atoms with E-state index in [2.05, 4.69) is 10.0 Å². The Morgan fingerprint density at radius 1 is 1.30 bits per heavy atom. The molecule has 1 aromatic carbocycles. The normalized spacial score (nSPS) is 12.2. The number of hydrogen-bond acceptors (Lipinski definition) is 4. The summed E-state index contributed by atoms with van der Waals surface area (Å²) in [4.78, 5) is 11.8. The number of carbonyl (C=O) groups is 1. The van der Waals surface area contributed by atoms with Crippen LogP contribution in [0.15, 0.2) is 29.2 Å². The highest BCUT2D eigenvalue weighted by Gasteiger charge is 2.29. The highest BCUT2D eigenvalue weighted by atomic mass is 32.2. The molecular formula is C13H21N3O3S. The van der Waals surface area contributed by atoms with Crippen molar-refractivity contribution in [2.24, 2.45) is 11.1 Å². The minimum atomic E-state index is -3.69. The van der Waals surface area contributed by atoms with Crippen molar-refractivity contribution in [3.63, 3.8) is 0 Å². The van der Waals surface area contributed by atoms with Crippen LogP contribution >= 0.6 is 0 Å². The third-order valence-electron chi connectivity index (χ3n) is 3.03. The van der Waals surface area contributed by atoms with E-state index in [1.807, 2.05) is 0 Å². The molecule has 0 unspecified atom stereocenters. The van der Waals surface area contributed by atoms with Crippen LogP contribution in [0.1, 0.15) is 19.4 Å². The summed E-state index contributed by atoms with van der Waals surface area (Å²) in [5.74, 6) is -0.229. The summed E-state index contributed by atoms with van der Waals surface area (Å²) in [5.41, 5.74) is 5.25. The maximum absolute atomic E-state index is 12.3. The van der Waals surface area contributed by atoms with Gasteiger partial charge in [-0.15, -0.1) is 0 Å². The summed E-state index contributed by atoms with van der Waals surface area (Å²) in [6, 6.07) is 6.53. The number of nitrogens with two attached hydrogens (primary N) is 1. The number of amides is 1. The Balaban J connectivity index is 2.94. The fraction of sp³-hybridized carbons (Fsp3) is 0.462. The lowest BCUT2D eigenvalue weighted by atomic mass is 9.93. The Morgan fingerprint density at radius 3 is 2.45 bits per heavy atom. The summed E-state index contributed by atoms with van der Waals surface area (Å²) in [6.07, 6.45) is 0. The van der Waals surface area contributed by atoms with E-state index in [1.54, 1.807) is 32.0 Å². The van der Waals surface area contributed by atoms with Crippen LogP contribution in [0, 0.1) is 5.41 Å². The number of carbonyl (C=O) groups excluding carboxylic acids is 1. The van der Waals surface area contributed by atoms with E-state index in [9.17, 15) is 13.2 Å². The van der Waals surface area contributed by atoms with Crippen molar-refractivity contribution in [1.82, 2.24) is 10.0 Å². The molecule has 0 saturated carbocycles. The first-order valence-corrected chi connectivity index (χ1v) is 7.73. The maximum Gasteiger partial charge on any atom is 0.240 e. The van der Waals surface area contributed by atoms with Crippen LogP contribution in [-0.2, 0) is 21.4 Å². The second kappa shape index (κ2) is 6.34. The van der Waals surface area contributed by atoms with E-state index in [1.165, 1.54) is 13.1 Å². The molecule has 20 heavy (non-hydrogen) atoms. The van der Waals surface area contributed by atoms with Gasteiger partial charge in [0.05, 0.1) is 10.3 Å². The molecule has 1 aromatic rings. The van der Waals surface area contributed by atoms with Gasteiger partial charge in [-0.3, -0.25) is 4.79 Å².